The molecule has 1 aromatic heterocycles. The largest absolute Gasteiger partial charge is 0.488 e. The number of nitrogens with zero attached hydrogens (tertiary/aromatic N) is 1. The van der Waals surface area contributed by atoms with E-state index >= 15 is 0 Å². The zero-order valence-corrected chi connectivity index (χ0v) is 18.4. The Morgan fingerprint density at radius 1 is 1.36 bits per heavy atom. The molecule has 1 N–H and O–H groups in total. The topological polar surface area (TPSA) is 58.6 Å². The molecule has 0 bridgehead atoms. The fraction of sp³-hybridized carbons (Fsp3) is 0.375. The molecule has 1 saturated heterocycles. The number of hydrogen-bond donors (Lipinski definition) is 1. The second-order valence-corrected chi connectivity index (χ2v) is 10.7. The number of thiophene rings is 1. The molecule has 1 aliphatic heterocycles. The number of ether oxygens (including phenoxy) is 1. The first kappa shape index (κ1) is 21.7. The molecule has 12 heteroatoms. The number of hydrogen-bond acceptors (Lipinski definition) is 5. The van der Waals surface area contributed by atoms with Gasteiger partial charge in [-0.25, -0.2) is 8.42 Å². The first-order valence-electron chi connectivity index (χ1n) is 8.00. The number of rotatable bonds is 5. The zero-order valence-electron chi connectivity index (χ0n) is 14.4. The average molecular weight is 520 g/mol. The van der Waals surface area contributed by atoms with Crippen LogP contribution in [-0.4, -0.2) is 39.6 Å². The Kier molecular flexibility index (Phi) is 6.21. The molecule has 0 spiro atoms. The van der Waals surface area contributed by atoms with Crippen molar-refractivity contribution in [3.05, 3.63) is 38.6 Å². The second-order valence-electron chi connectivity index (χ2n) is 6.29. The van der Waals surface area contributed by atoms with E-state index in [1.165, 1.54) is 6.07 Å². The van der Waals surface area contributed by atoms with Gasteiger partial charge in [0, 0.05) is 23.6 Å². The van der Waals surface area contributed by atoms with Gasteiger partial charge in [-0.1, -0.05) is 11.6 Å². The molecule has 1 aliphatic rings. The Morgan fingerprint density at radius 2 is 2.07 bits per heavy atom. The maximum atomic E-state index is 13.3. The minimum absolute atomic E-state index is 0.0324. The van der Waals surface area contributed by atoms with Crippen LogP contribution in [0, 0.1) is 0 Å². The normalized spacial score (nSPS) is 18.4. The predicted molar refractivity (Wildman–Crippen MR) is 106 cm³/mol. The van der Waals surface area contributed by atoms with Crippen LogP contribution in [0.1, 0.15) is 12.0 Å². The Balaban J connectivity index is 1.90. The number of benzene rings is 1. The fourth-order valence-electron chi connectivity index (χ4n) is 2.75. The van der Waals surface area contributed by atoms with Crippen LogP contribution in [0.4, 0.5) is 18.9 Å². The van der Waals surface area contributed by atoms with Gasteiger partial charge in [0.2, 0.25) is 0 Å². The molecule has 2 aromatic rings. The highest BCUT2D eigenvalue weighted by Crippen LogP contribution is 2.40. The lowest BCUT2D eigenvalue weighted by Gasteiger charge is -2.19. The van der Waals surface area contributed by atoms with Crippen LogP contribution in [-0.2, 0) is 16.2 Å². The van der Waals surface area contributed by atoms with Crippen molar-refractivity contribution >= 4 is 54.6 Å². The van der Waals surface area contributed by atoms with Crippen molar-refractivity contribution in [1.82, 2.24) is 4.90 Å². The van der Waals surface area contributed by atoms with E-state index in [1.807, 2.05) is 11.9 Å². The highest BCUT2D eigenvalue weighted by Gasteiger charge is 2.36. The minimum atomic E-state index is -4.62. The highest BCUT2D eigenvalue weighted by atomic mass is 79.9. The third-order valence-corrected chi connectivity index (χ3v) is 8.40. The van der Waals surface area contributed by atoms with E-state index in [0.29, 0.717) is 24.0 Å². The van der Waals surface area contributed by atoms with E-state index in [0.717, 1.165) is 29.5 Å². The number of alkyl halides is 3. The summed E-state index contributed by atoms with van der Waals surface area (Å²) >= 11 is 9.83. The van der Waals surface area contributed by atoms with Gasteiger partial charge < -0.3 is 9.64 Å². The van der Waals surface area contributed by atoms with Crippen LogP contribution in [0.25, 0.3) is 0 Å². The summed E-state index contributed by atoms with van der Waals surface area (Å²) in [5, 5.41) is 0. The van der Waals surface area contributed by atoms with Gasteiger partial charge in [-0.05, 0) is 47.6 Å². The molecule has 28 heavy (non-hydrogen) atoms. The van der Waals surface area contributed by atoms with Crippen molar-refractivity contribution < 1.29 is 26.3 Å². The van der Waals surface area contributed by atoms with Gasteiger partial charge in [-0.2, -0.15) is 13.2 Å². The number of sulfonamides is 1. The summed E-state index contributed by atoms with van der Waals surface area (Å²) in [5.74, 6) is -0.404. The summed E-state index contributed by atoms with van der Waals surface area (Å²) in [6.45, 7) is 1.21. The summed E-state index contributed by atoms with van der Waals surface area (Å²) < 4.78 is 73.4. The quantitative estimate of drug-likeness (QED) is 0.600. The predicted octanol–water partition coefficient (Wildman–Crippen LogP) is 5.07. The Morgan fingerprint density at radius 3 is 2.61 bits per heavy atom. The third kappa shape index (κ3) is 4.93. The average Bonchev–Trinajstić information content (AvgIpc) is 3.12. The highest BCUT2D eigenvalue weighted by molar-refractivity contribution is 9.10. The lowest BCUT2D eigenvalue weighted by Crippen LogP contribution is -2.23. The Hall–Kier alpha value is -1.01. The van der Waals surface area contributed by atoms with Gasteiger partial charge in [0.15, 0.2) is 0 Å². The molecule has 0 radical (unpaired) electrons. The monoisotopic (exact) mass is 518 g/mol. The standard InChI is InChI=1S/C16H15BrClF3N2O3S2/c1-23-5-4-10(8-23)26-13-6-9(2-3-11(13)16(19,20)21)22-28(24,25)14-7-12(17)15(18)27-14/h2-3,6-7,10,22H,4-5,8H2,1H3. The molecule has 1 fully saturated rings. The van der Waals surface area contributed by atoms with Gasteiger partial charge in [0.05, 0.1) is 11.3 Å². The van der Waals surface area contributed by atoms with Crippen LogP contribution in [0.5, 0.6) is 5.75 Å². The number of likely N-dealkylation sites (tertiary alicyclic amines) is 1. The van der Waals surface area contributed by atoms with Gasteiger partial charge >= 0.3 is 6.18 Å². The van der Waals surface area contributed by atoms with Gasteiger partial charge in [-0.15, -0.1) is 11.3 Å². The van der Waals surface area contributed by atoms with Crippen LogP contribution in [0.15, 0.2) is 32.9 Å². The molecule has 154 valence electrons. The molecule has 2 heterocycles. The van der Waals surface area contributed by atoms with E-state index in [1.54, 1.807) is 0 Å². The molecule has 1 unspecified atom stereocenters. The summed E-state index contributed by atoms with van der Waals surface area (Å²) in [7, 11) is -2.16. The van der Waals surface area contributed by atoms with E-state index in [4.69, 9.17) is 16.3 Å². The number of likely N-dealkylation sites (N-methyl/N-ethyl adjacent to an activating group) is 1. The summed E-state index contributed by atoms with van der Waals surface area (Å²) in [5.41, 5.74) is -0.984. The van der Waals surface area contributed by atoms with E-state index in [-0.39, 0.29) is 14.2 Å². The van der Waals surface area contributed by atoms with E-state index < -0.39 is 33.6 Å². The minimum Gasteiger partial charge on any atom is -0.488 e. The third-order valence-electron chi connectivity index (χ3n) is 4.07. The number of anilines is 1. The molecule has 5 nitrogen and oxygen atoms in total. The summed E-state index contributed by atoms with van der Waals surface area (Å²) in [6.07, 6.45) is -4.43. The van der Waals surface area contributed by atoms with Crippen molar-refractivity contribution in [2.24, 2.45) is 0 Å². The van der Waals surface area contributed by atoms with Crippen LogP contribution >= 0.6 is 38.9 Å². The first-order chi connectivity index (χ1) is 13.0. The first-order valence-corrected chi connectivity index (χ1v) is 11.5. The van der Waals surface area contributed by atoms with Gasteiger partial charge in [0.1, 0.15) is 20.4 Å². The number of nitrogens with one attached hydrogen (secondary N) is 1. The zero-order chi connectivity index (χ0) is 20.7. The lowest BCUT2D eigenvalue weighted by molar-refractivity contribution is -0.139. The number of halogens is 5. The molecule has 0 saturated carbocycles. The molecule has 3 rings (SSSR count). The van der Waals surface area contributed by atoms with Crippen molar-refractivity contribution in [3.63, 3.8) is 0 Å². The van der Waals surface area contributed by atoms with Crippen LogP contribution < -0.4 is 9.46 Å². The molecule has 1 atom stereocenters. The molecule has 0 aliphatic carbocycles. The van der Waals surface area contributed by atoms with E-state index in [2.05, 4.69) is 20.7 Å². The Bertz CT molecular complexity index is 962. The fourth-order valence-corrected chi connectivity index (χ4v) is 6.10. The SMILES string of the molecule is CN1CCC(Oc2cc(NS(=O)(=O)c3cc(Br)c(Cl)s3)ccc2C(F)(F)F)C1. The van der Waals surface area contributed by atoms with Crippen molar-refractivity contribution in [3.8, 4) is 5.75 Å². The smallest absolute Gasteiger partial charge is 0.419 e. The maximum absolute atomic E-state index is 13.3. The van der Waals surface area contributed by atoms with Crippen molar-refractivity contribution in [2.45, 2.75) is 22.9 Å². The maximum Gasteiger partial charge on any atom is 0.419 e. The van der Waals surface area contributed by atoms with Crippen molar-refractivity contribution in [2.75, 3.05) is 24.9 Å². The lowest BCUT2D eigenvalue weighted by atomic mass is 10.1. The molecular weight excluding hydrogens is 505 g/mol. The van der Waals surface area contributed by atoms with E-state index in [9.17, 15) is 21.6 Å². The molecular formula is C16H15BrClF3N2O3S2. The summed E-state index contributed by atoms with van der Waals surface area (Å²) in [4.78, 5) is 1.95. The van der Waals surface area contributed by atoms with Gasteiger partial charge in [-0.3, -0.25) is 4.72 Å². The molecule has 0 amide bonds. The van der Waals surface area contributed by atoms with Crippen molar-refractivity contribution in [1.29, 1.82) is 0 Å². The van der Waals surface area contributed by atoms with Crippen LogP contribution in [0.2, 0.25) is 4.34 Å². The molecule has 1 aromatic carbocycles. The van der Waals surface area contributed by atoms with Gasteiger partial charge in [0.25, 0.3) is 10.0 Å². The summed E-state index contributed by atoms with van der Waals surface area (Å²) in [6, 6.07) is 4.25. The second kappa shape index (κ2) is 8.02. The Labute approximate surface area is 177 Å². The van der Waals surface area contributed by atoms with Crippen LogP contribution in [0.3, 0.4) is 0 Å².